The Labute approximate surface area is 127 Å². The summed E-state index contributed by atoms with van der Waals surface area (Å²) in [5, 5.41) is 0. The van der Waals surface area contributed by atoms with Crippen molar-refractivity contribution in [3.8, 4) is 11.1 Å². The van der Waals surface area contributed by atoms with Crippen LogP contribution in [0.4, 0.5) is 0 Å². The third kappa shape index (κ3) is 3.18. The Bertz CT molecular complexity index is 589. The van der Waals surface area contributed by atoms with Crippen molar-refractivity contribution in [2.24, 2.45) is 5.92 Å². The molecule has 0 spiro atoms. The lowest BCUT2D eigenvalue weighted by Crippen LogP contribution is -2.31. The Balaban J connectivity index is 1.73. The molecule has 0 radical (unpaired) electrons. The minimum atomic E-state index is 0.856. The van der Waals surface area contributed by atoms with Crippen molar-refractivity contribution in [2.75, 3.05) is 13.1 Å². The highest BCUT2D eigenvalue weighted by molar-refractivity contribution is 5.68. The van der Waals surface area contributed by atoms with E-state index in [4.69, 9.17) is 0 Å². The van der Waals surface area contributed by atoms with E-state index in [-0.39, 0.29) is 0 Å². The molecule has 1 heterocycles. The zero-order chi connectivity index (χ0) is 14.7. The highest BCUT2D eigenvalue weighted by Crippen LogP contribution is 2.26. The molecule has 1 heteroatoms. The minimum absolute atomic E-state index is 0.856. The Morgan fingerprint density at radius 3 is 2.10 bits per heavy atom. The standard InChI is InChI=1S/C20H23N/c1-16-12-14-21(15-13-16)17(2)18-8-10-20(11-9-18)19-6-4-3-5-7-19/h3-11,16H,2,12-15H2,1H3. The number of hydrogen-bond donors (Lipinski definition) is 0. The Morgan fingerprint density at radius 1 is 0.905 bits per heavy atom. The van der Waals surface area contributed by atoms with Gasteiger partial charge < -0.3 is 4.90 Å². The van der Waals surface area contributed by atoms with Gasteiger partial charge >= 0.3 is 0 Å². The summed E-state index contributed by atoms with van der Waals surface area (Å²) in [4.78, 5) is 2.43. The third-order valence-corrected chi connectivity index (χ3v) is 4.49. The van der Waals surface area contributed by atoms with Crippen molar-refractivity contribution in [3.05, 3.63) is 66.7 Å². The van der Waals surface area contributed by atoms with Crippen LogP contribution in [-0.4, -0.2) is 18.0 Å². The van der Waals surface area contributed by atoms with E-state index in [9.17, 15) is 0 Å². The number of piperidine rings is 1. The molecule has 0 aliphatic carbocycles. The number of hydrogen-bond acceptors (Lipinski definition) is 1. The smallest absolute Gasteiger partial charge is 0.0366 e. The fraction of sp³-hybridized carbons (Fsp3) is 0.300. The molecule has 2 aromatic rings. The maximum atomic E-state index is 4.30. The number of nitrogens with zero attached hydrogens (tertiary/aromatic N) is 1. The van der Waals surface area contributed by atoms with Crippen LogP contribution in [0.15, 0.2) is 61.2 Å². The molecule has 3 rings (SSSR count). The van der Waals surface area contributed by atoms with Gasteiger partial charge in [-0.3, -0.25) is 0 Å². The second-order valence-electron chi connectivity index (χ2n) is 6.06. The van der Waals surface area contributed by atoms with Crippen molar-refractivity contribution in [1.82, 2.24) is 4.90 Å². The quantitative estimate of drug-likeness (QED) is 0.758. The van der Waals surface area contributed by atoms with Crippen molar-refractivity contribution in [3.63, 3.8) is 0 Å². The maximum Gasteiger partial charge on any atom is 0.0366 e. The van der Waals surface area contributed by atoms with E-state index in [1.807, 2.05) is 0 Å². The van der Waals surface area contributed by atoms with E-state index in [1.54, 1.807) is 0 Å². The molecule has 1 nitrogen and oxygen atoms in total. The molecule has 0 aromatic heterocycles. The van der Waals surface area contributed by atoms with Gasteiger partial charge in [0.1, 0.15) is 0 Å². The molecule has 0 N–H and O–H groups in total. The molecular weight excluding hydrogens is 254 g/mol. The SMILES string of the molecule is C=C(c1ccc(-c2ccccc2)cc1)N1CCC(C)CC1. The van der Waals surface area contributed by atoms with Crippen LogP contribution in [-0.2, 0) is 0 Å². The van der Waals surface area contributed by atoms with Gasteiger partial charge in [-0.05, 0) is 35.4 Å². The molecule has 1 saturated heterocycles. The molecule has 0 saturated carbocycles. The normalized spacial score (nSPS) is 16.0. The van der Waals surface area contributed by atoms with Crippen molar-refractivity contribution < 1.29 is 0 Å². The summed E-state index contributed by atoms with van der Waals surface area (Å²) < 4.78 is 0. The lowest BCUT2D eigenvalue weighted by Gasteiger charge is -2.33. The lowest BCUT2D eigenvalue weighted by atomic mass is 9.97. The van der Waals surface area contributed by atoms with Crippen LogP contribution in [0.25, 0.3) is 16.8 Å². The summed E-state index contributed by atoms with van der Waals surface area (Å²) in [7, 11) is 0. The van der Waals surface area contributed by atoms with E-state index < -0.39 is 0 Å². The van der Waals surface area contributed by atoms with Crippen LogP contribution in [0.2, 0.25) is 0 Å². The summed E-state index contributed by atoms with van der Waals surface area (Å²) in [5.41, 5.74) is 4.94. The second kappa shape index (κ2) is 6.17. The summed E-state index contributed by atoms with van der Waals surface area (Å²) in [5.74, 6) is 0.856. The first kappa shape index (κ1) is 13.9. The van der Waals surface area contributed by atoms with E-state index in [0.717, 1.165) is 19.0 Å². The number of benzene rings is 2. The maximum absolute atomic E-state index is 4.30. The Kier molecular flexibility index (Phi) is 4.10. The first-order valence-electron chi connectivity index (χ1n) is 7.84. The summed E-state index contributed by atoms with van der Waals surface area (Å²) in [6.45, 7) is 8.92. The molecular formula is C20H23N. The lowest BCUT2D eigenvalue weighted by molar-refractivity contribution is 0.268. The molecule has 108 valence electrons. The second-order valence-corrected chi connectivity index (χ2v) is 6.06. The molecule has 0 bridgehead atoms. The van der Waals surface area contributed by atoms with Gasteiger partial charge in [0.15, 0.2) is 0 Å². The van der Waals surface area contributed by atoms with Crippen LogP contribution in [0, 0.1) is 5.92 Å². The molecule has 0 atom stereocenters. The fourth-order valence-corrected chi connectivity index (χ4v) is 2.95. The van der Waals surface area contributed by atoms with Gasteiger partial charge in [0.05, 0.1) is 0 Å². The van der Waals surface area contributed by atoms with Gasteiger partial charge in [0, 0.05) is 18.8 Å². The highest BCUT2D eigenvalue weighted by Gasteiger charge is 2.17. The number of rotatable bonds is 3. The minimum Gasteiger partial charge on any atom is -0.372 e. The van der Waals surface area contributed by atoms with Gasteiger partial charge in [-0.1, -0.05) is 68.1 Å². The van der Waals surface area contributed by atoms with E-state index in [2.05, 4.69) is 73.0 Å². The average Bonchev–Trinajstić information content (AvgIpc) is 2.56. The van der Waals surface area contributed by atoms with Crippen LogP contribution in [0.1, 0.15) is 25.3 Å². The largest absolute Gasteiger partial charge is 0.372 e. The summed E-state index contributed by atoms with van der Waals surface area (Å²) in [6, 6.07) is 19.3. The van der Waals surface area contributed by atoms with Crippen LogP contribution in [0.3, 0.4) is 0 Å². The van der Waals surface area contributed by atoms with Crippen LogP contribution in [0.5, 0.6) is 0 Å². The first-order chi connectivity index (χ1) is 10.2. The molecule has 0 unspecified atom stereocenters. The molecule has 2 aromatic carbocycles. The topological polar surface area (TPSA) is 3.24 Å². The molecule has 0 amide bonds. The zero-order valence-electron chi connectivity index (χ0n) is 12.8. The van der Waals surface area contributed by atoms with E-state index >= 15 is 0 Å². The fourth-order valence-electron chi connectivity index (χ4n) is 2.95. The Morgan fingerprint density at radius 2 is 1.48 bits per heavy atom. The van der Waals surface area contributed by atoms with Crippen molar-refractivity contribution >= 4 is 5.70 Å². The summed E-state index contributed by atoms with van der Waals surface area (Å²) in [6.07, 6.45) is 2.56. The zero-order valence-corrected chi connectivity index (χ0v) is 12.8. The third-order valence-electron chi connectivity index (χ3n) is 4.49. The summed E-state index contributed by atoms with van der Waals surface area (Å²) >= 11 is 0. The van der Waals surface area contributed by atoms with Crippen LogP contribution >= 0.6 is 0 Å². The highest BCUT2D eigenvalue weighted by atomic mass is 15.1. The van der Waals surface area contributed by atoms with E-state index in [0.29, 0.717) is 0 Å². The predicted molar refractivity (Wildman–Crippen MR) is 90.9 cm³/mol. The monoisotopic (exact) mass is 277 g/mol. The molecule has 21 heavy (non-hydrogen) atoms. The average molecular weight is 277 g/mol. The van der Waals surface area contributed by atoms with Gasteiger partial charge in [-0.15, -0.1) is 0 Å². The molecule has 1 aliphatic rings. The Hall–Kier alpha value is -2.02. The number of likely N-dealkylation sites (tertiary alicyclic amines) is 1. The van der Waals surface area contributed by atoms with E-state index in [1.165, 1.54) is 35.2 Å². The van der Waals surface area contributed by atoms with Crippen molar-refractivity contribution in [1.29, 1.82) is 0 Å². The van der Waals surface area contributed by atoms with Crippen LogP contribution < -0.4 is 0 Å². The van der Waals surface area contributed by atoms with Gasteiger partial charge in [0.25, 0.3) is 0 Å². The van der Waals surface area contributed by atoms with Gasteiger partial charge in [0.2, 0.25) is 0 Å². The molecule has 1 aliphatic heterocycles. The predicted octanol–water partition coefficient (Wildman–Crippen LogP) is 5.06. The van der Waals surface area contributed by atoms with Crippen molar-refractivity contribution in [2.45, 2.75) is 19.8 Å². The first-order valence-corrected chi connectivity index (χ1v) is 7.84. The van der Waals surface area contributed by atoms with Gasteiger partial charge in [-0.25, -0.2) is 0 Å². The molecule has 1 fully saturated rings. The van der Waals surface area contributed by atoms with Gasteiger partial charge in [-0.2, -0.15) is 0 Å².